The Bertz CT molecular complexity index is 834. The lowest BCUT2D eigenvalue weighted by molar-refractivity contribution is 0.00155. The van der Waals surface area contributed by atoms with Crippen LogP contribution >= 0.6 is 0 Å². The van der Waals surface area contributed by atoms with Crippen LogP contribution in [-0.2, 0) is 11.8 Å². The lowest BCUT2D eigenvalue weighted by Crippen LogP contribution is -2.59. The lowest BCUT2D eigenvalue weighted by Gasteiger charge is -2.58. The molecule has 0 unspecified atom stereocenters. The van der Waals surface area contributed by atoms with Gasteiger partial charge in [-0.2, -0.15) is 0 Å². The first-order chi connectivity index (χ1) is 13.2. The maximum Gasteiger partial charge on any atom is 0.173 e. The highest BCUT2D eigenvalue weighted by atomic mass is 16.5. The van der Waals surface area contributed by atoms with Crippen LogP contribution in [0.25, 0.3) is 0 Å². The topological polar surface area (TPSA) is 21.7 Å². The third kappa shape index (κ3) is 2.59. The number of benzene rings is 2. The van der Waals surface area contributed by atoms with Crippen LogP contribution in [0.2, 0.25) is 0 Å². The van der Waals surface area contributed by atoms with Crippen LogP contribution < -0.4 is 9.47 Å². The van der Waals surface area contributed by atoms with E-state index in [-0.39, 0.29) is 5.41 Å². The summed E-state index contributed by atoms with van der Waals surface area (Å²) in [6, 6.07) is 15.2. The molecule has 1 saturated carbocycles. The number of ether oxygens (including phenoxy) is 2. The minimum atomic E-state index is 0.252. The molecule has 0 aromatic heterocycles. The second kappa shape index (κ2) is 6.56. The van der Waals surface area contributed by atoms with Crippen molar-refractivity contribution in [1.82, 2.24) is 4.90 Å². The monoisotopic (exact) mass is 363 g/mol. The Balaban J connectivity index is 1.70. The van der Waals surface area contributed by atoms with E-state index in [0.717, 1.165) is 29.6 Å². The third-order valence-corrected chi connectivity index (χ3v) is 7.36. The summed E-state index contributed by atoms with van der Waals surface area (Å²) in [6.45, 7) is 1.18. The first kappa shape index (κ1) is 17.1. The molecule has 5 rings (SSSR count). The van der Waals surface area contributed by atoms with Gasteiger partial charge in [-0.25, -0.2) is 0 Å². The molecule has 0 radical (unpaired) electrons. The number of nitrogens with zero attached hydrogens (tertiary/aromatic N) is 1. The minimum Gasteiger partial charge on any atom is -0.493 e. The van der Waals surface area contributed by atoms with Gasteiger partial charge in [0.05, 0.1) is 7.11 Å². The molecule has 1 saturated heterocycles. The van der Waals surface area contributed by atoms with Crippen LogP contribution in [0.1, 0.15) is 43.2 Å². The average molecular weight is 364 g/mol. The molecule has 1 heterocycles. The van der Waals surface area contributed by atoms with E-state index in [2.05, 4.69) is 24.1 Å². The minimum absolute atomic E-state index is 0.252. The van der Waals surface area contributed by atoms with Gasteiger partial charge in [-0.15, -0.1) is 0 Å². The Morgan fingerprint density at radius 3 is 2.70 bits per heavy atom. The fourth-order valence-corrected chi connectivity index (χ4v) is 6.13. The standard InChI is InChI=1S/C24H29NO2/c1-25-15-14-24-13-7-6-10-19(24)20(25)16-17-11-12-21(26-2)23(22(17)24)27-18-8-4-3-5-9-18/h3-5,8-9,11-12,19-20H,6-7,10,13-16H2,1-2H3/t19-,20+,24+/m0/s1. The van der Waals surface area contributed by atoms with Crippen molar-refractivity contribution < 1.29 is 9.47 Å². The summed E-state index contributed by atoms with van der Waals surface area (Å²) in [5.41, 5.74) is 3.18. The van der Waals surface area contributed by atoms with E-state index in [9.17, 15) is 0 Å². The fourth-order valence-electron chi connectivity index (χ4n) is 6.13. The number of likely N-dealkylation sites (N-methyl/N-ethyl adjacent to an activating group) is 1. The average Bonchev–Trinajstić information content (AvgIpc) is 2.71. The molecule has 2 fully saturated rings. The molecule has 2 bridgehead atoms. The van der Waals surface area contributed by atoms with Crippen molar-refractivity contribution in [3.8, 4) is 17.2 Å². The van der Waals surface area contributed by atoms with Crippen LogP contribution in [0, 0.1) is 5.92 Å². The summed E-state index contributed by atoms with van der Waals surface area (Å²) >= 11 is 0. The predicted octanol–water partition coefficient (Wildman–Crippen LogP) is 5.18. The Morgan fingerprint density at radius 2 is 1.89 bits per heavy atom. The summed E-state index contributed by atoms with van der Waals surface area (Å²) in [7, 11) is 4.08. The van der Waals surface area contributed by atoms with E-state index in [1.165, 1.54) is 49.8 Å². The number of para-hydroxylation sites is 1. The number of hydrogen-bond acceptors (Lipinski definition) is 3. The number of hydrogen-bond donors (Lipinski definition) is 0. The SMILES string of the molecule is COc1ccc2c(c1Oc1ccccc1)[C@@]13CCCC[C@H]1[C@@H](C2)N(C)CC3. The van der Waals surface area contributed by atoms with Crippen LogP contribution in [0.4, 0.5) is 0 Å². The van der Waals surface area contributed by atoms with Gasteiger partial charge < -0.3 is 14.4 Å². The van der Waals surface area contributed by atoms with E-state index >= 15 is 0 Å². The number of likely N-dealkylation sites (tertiary alicyclic amines) is 1. The van der Waals surface area contributed by atoms with Crippen LogP contribution in [0.3, 0.4) is 0 Å². The maximum absolute atomic E-state index is 6.52. The van der Waals surface area contributed by atoms with E-state index < -0.39 is 0 Å². The fraction of sp³-hybridized carbons (Fsp3) is 0.500. The van der Waals surface area contributed by atoms with Gasteiger partial charge in [0.2, 0.25) is 0 Å². The summed E-state index contributed by atoms with van der Waals surface area (Å²) in [4.78, 5) is 2.61. The molecule has 3 heteroatoms. The molecule has 142 valence electrons. The highest BCUT2D eigenvalue weighted by Crippen LogP contribution is 2.59. The van der Waals surface area contributed by atoms with Gasteiger partial charge in [0, 0.05) is 17.0 Å². The highest BCUT2D eigenvalue weighted by molar-refractivity contribution is 5.58. The normalized spacial score (nSPS) is 29.6. The largest absolute Gasteiger partial charge is 0.493 e. The van der Waals surface area contributed by atoms with Gasteiger partial charge >= 0.3 is 0 Å². The Labute approximate surface area is 162 Å². The van der Waals surface area contributed by atoms with E-state index in [4.69, 9.17) is 9.47 Å². The van der Waals surface area contributed by atoms with E-state index in [1.54, 1.807) is 7.11 Å². The zero-order chi connectivity index (χ0) is 18.4. The molecule has 2 aromatic rings. The van der Waals surface area contributed by atoms with E-state index in [1.807, 2.05) is 30.3 Å². The van der Waals surface area contributed by atoms with Gasteiger partial charge in [-0.05, 0) is 69.0 Å². The Morgan fingerprint density at radius 1 is 1.04 bits per heavy atom. The maximum atomic E-state index is 6.52. The third-order valence-electron chi connectivity index (χ3n) is 7.36. The second-order valence-corrected chi connectivity index (χ2v) is 8.56. The molecule has 3 atom stereocenters. The van der Waals surface area contributed by atoms with Gasteiger partial charge in [-0.1, -0.05) is 37.1 Å². The van der Waals surface area contributed by atoms with Crippen LogP contribution in [0.15, 0.2) is 42.5 Å². The van der Waals surface area contributed by atoms with Crippen molar-refractivity contribution in [2.45, 2.75) is 50.0 Å². The van der Waals surface area contributed by atoms with Crippen molar-refractivity contribution in [3.63, 3.8) is 0 Å². The molecule has 2 aromatic carbocycles. The van der Waals surface area contributed by atoms with Crippen molar-refractivity contribution in [2.75, 3.05) is 20.7 Å². The van der Waals surface area contributed by atoms with Crippen molar-refractivity contribution in [2.24, 2.45) is 5.92 Å². The van der Waals surface area contributed by atoms with Gasteiger partial charge in [0.15, 0.2) is 11.5 Å². The number of piperidine rings is 1. The number of methoxy groups -OCH3 is 1. The lowest BCUT2D eigenvalue weighted by atomic mass is 9.52. The molecule has 2 aliphatic carbocycles. The first-order valence-electron chi connectivity index (χ1n) is 10.4. The summed E-state index contributed by atoms with van der Waals surface area (Å²) in [5.74, 6) is 3.47. The van der Waals surface area contributed by atoms with E-state index in [0.29, 0.717) is 6.04 Å². The smallest absolute Gasteiger partial charge is 0.173 e. The van der Waals surface area contributed by atoms with Crippen molar-refractivity contribution >= 4 is 0 Å². The Kier molecular flexibility index (Phi) is 4.16. The van der Waals surface area contributed by atoms with Crippen LogP contribution in [-0.4, -0.2) is 31.6 Å². The van der Waals surface area contributed by atoms with Gasteiger partial charge in [0.1, 0.15) is 5.75 Å². The molecule has 3 aliphatic rings. The summed E-state index contributed by atoms with van der Waals surface area (Å²) in [5, 5.41) is 0. The highest BCUT2D eigenvalue weighted by Gasteiger charge is 2.54. The molecule has 0 amide bonds. The molecular formula is C24H29NO2. The van der Waals surface area contributed by atoms with Crippen molar-refractivity contribution in [3.05, 3.63) is 53.6 Å². The second-order valence-electron chi connectivity index (χ2n) is 8.56. The Hall–Kier alpha value is -2.00. The quantitative estimate of drug-likeness (QED) is 0.750. The molecule has 0 spiro atoms. The molecule has 3 nitrogen and oxygen atoms in total. The van der Waals surface area contributed by atoms with Crippen LogP contribution in [0.5, 0.6) is 17.2 Å². The number of fused-ring (bicyclic) bond motifs is 1. The molecular weight excluding hydrogens is 334 g/mol. The zero-order valence-corrected chi connectivity index (χ0v) is 16.4. The van der Waals surface area contributed by atoms with Crippen molar-refractivity contribution in [1.29, 1.82) is 0 Å². The number of rotatable bonds is 3. The molecule has 0 N–H and O–H groups in total. The molecule has 27 heavy (non-hydrogen) atoms. The first-order valence-corrected chi connectivity index (χ1v) is 10.4. The van der Waals surface area contributed by atoms with Gasteiger partial charge in [-0.3, -0.25) is 0 Å². The van der Waals surface area contributed by atoms with Gasteiger partial charge in [0.25, 0.3) is 0 Å². The summed E-state index contributed by atoms with van der Waals surface area (Å²) < 4.78 is 12.3. The molecule has 1 aliphatic heterocycles. The predicted molar refractivity (Wildman–Crippen MR) is 108 cm³/mol. The zero-order valence-electron chi connectivity index (χ0n) is 16.4. The summed E-state index contributed by atoms with van der Waals surface area (Å²) in [6.07, 6.45) is 7.69.